The molecule has 4 unspecified atom stereocenters. The lowest BCUT2D eigenvalue weighted by molar-refractivity contribution is -0.149. The van der Waals surface area contributed by atoms with Gasteiger partial charge in [-0.3, -0.25) is 29.4 Å². The Morgan fingerprint density at radius 2 is 1.22 bits per heavy atom. The molecule has 0 aromatic rings. The number of rotatable bonds is 18. The van der Waals surface area contributed by atoms with Gasteiger partial charge in [-0.2, -0.15) is 0 Å². The Hall–Kier alpha value is -4.35. The van der Waals surface area contributed by atoms with Crippen LogP contribution in [0.15, 0.2) is 15.0 Å². The average molecular weight is 584 g/mol. The van der Waals surface area contributed by atoms with E-state index < -0.39 is 47.9 Å². The number of likely N-dealkylation sites (tertiary alicyclic amines) is 1. The van der Waals surface area contributed by atoms with Gasteiger partial charge in [0.2, 0.25) is 17.7 Å². The van der Waals surface area contributed by atoms with Gasteiger partial charge in [0.25, 0.3) is 0 Å². The Morgan fingerprint density at radius 3 is 1.71 bits per heavy atom. The number of aliphatic imine (C=N–C) groups is 3. The van der Waals surface area contributed by atoms with E-state index in [2.05, 4.69) is 25.6 Å². The van der Waals surface area contributed by atoms with E-state index in [0.29, 0.717) is 32.1 Å². The molecule has 0 radical (unpaired) electrons. The molecule has 1 fully saturated rings. The van der Waals surface area contributed by atoms with E-state index in [1.54, 1.807) is 0 Å². The van der Waals surface area contributed by atoms with Crippen LogP contribution in [-0.2, 0) is 19.2 Å². The Bertz CT molecular complexity index is 975. The number of nitrogens with zero attached hydrogens (tertiary/aromatic N) is 4. The van der Waals surface area contributed by atoms with Crippen molar-refractivity contribution in [2.24, 2.45) is 55.1 Å². The largest absolute Gasteiger partial charge is 0.480 e. The number of guanidine groups is 3. The van der Waals surface area contributed by atoms with Crippen LogP contribution in [0.4, 0.5) is 0 Å². The van der Waals surface area contributed by atoms with Gasteiger partial charge in [-0.15, -0.1) is 0 Å². The summed E-state index contributed by atoms with van der Waals surface area (Å²) in [5.41, 5.74) is 38.0. The maximum Gasteiger partial charge on any atom is 0.326 e. The molecule has 17 N–H and O–H groups in total. The Labute approximate surface area is 238 Å². The summed E-state index contributed by atoms with van der Waals surface area (Å²) in [6.45, 7) is 0.909. The predicted octanol–water partition coefficient (Wildman–Crippen LogP) is -4.48. The van der Waals surface area contributed by atoms with Crippen LogP contribution in [0.5, 0.6) is 0 Å². The van der Waals surface area contributed by atoms with Gasteiger partial charge < -0.3 is 60.8 Å². The van der Waals surface area contributed by atoms with Gasteiger partial charge in [0, 0.05) is 26.2 Å². The number of nitrogens with two attached hydrogens (primary N) is 7. The van der Waals surface area contributed by atoms with Gasteiger partial charge in [0.15, 0.2) is 17.9 Å². The molecule has 3 amide bonds. The number of hydrogen-bond donors (Lipinski definition) is 10. The van der Waals surface area contributed by atoms with Crippen molar-refractivity contribution in [3.63, 3.8) is 0 Å². The molecule has 0 saturated carbocycles. The average Bonchev–Trinajstić information content (AvgIpc) is 3.39. The molecule has 1 aliphatic heterocycles. The van der Waals surface area contributed by atoms with Gasteiger partial charge in [-0.05, 0) is 51.4 Å². The Balaban J connectivity index is 3.04. The van der Waals surface area contributed by atoms with Crippen molar-refractivity contribution < 1.29 is 24.3 Å². The lowest BCUT2D eigenvalue weighted by atomic mass is 10.1. The van der Waals surface area contributed by atoms with E-state index in [9.17, 15) is 24.3 Å². The van der Waals surface area contributed by atoms with E-state index in [0.717, 1.165) is 0 Å². The normalized spacial score (nSPS) is 16.5. The van der Waals surface area contributed by atoms with Crippen molar-refractivity contribution in [3.8, 4) is 0 Å². The van der Waals surface area contributed by atoms with Crippen molar-refractivity contribution in [3.05, 3.63) is 0 Å². The van der Waals surface area contributed by atoms with Crippen molar-refractivity contribution >= 4 is 41.6 Å². The third kappa shape index (κ3) is 13.5. The molecule has 41 heavy (non-hydrogen) atoms. The number of aliphatic carboxylic acids is 1. The van der Waals surface area contributed by atoms with E-state index in [-0.39, 0.29) is 63.3 Å². The van der Waals surface area contributed by atoms with Crippen molar-refractivity contribution in [2.75, 3.05) is 26.2 Å². The van der Waals surface area contributed by atoms with E-state index in [4.69, 9.17) is 40.1 Å². The number of carboxylic acid groups (broad SMARTS) is 1. The topological polar surface area (TPSA) is 335 Å². The highest BCUT2D eigenvalue weighted by atomic mass is 16.4. The highest BCUT2D eigenvalue weighted by Gasteiger charge is 2.38. The number of carboxylic acids is 1. The second-order valence-electron chi connectivity index (χ2n) is 9.60. The van der Waals surface area contributed by atoms with Crippen molar-refractivity contribution in [1.29, 1.82) is 0 Å². The SMILES string of the molecule is NC(N)=NCCCC(N)C(=O)NC(CCCN=C(N)N)C(=O)NC(CCCN=C(N)N)C(=O)N1CCCC1C(=O)O. The lowest BCUT2D eigenvalue weighted by Gasteiger charge is -2.29. The highest BCUT2D eigenvalue weighted by Crippen LogP contribution is 2.20. The number of amides is 3. The van der Waals surface area contributed by atoms with E-state index in [1.807, 2.05) is 0 Å². The number of hydrogen-bond acceptors (Lipinski definition) is 8. The first-order valence-corrected chi connectivity index (χ1v) is 13.4. The summed E-state index contributed by atoms with van der Waals surface area (Å²) < 4.78 is 0. The first-order valence-electron chi connectivity index (χ1n) is 13.4. The van der Waals surface area contributed by atoms with Crippen LogP contribution in [-0.4, -0.2) is 102 Å². The molecule has 0 bridgehead atoms. The predicted molar refractivity (Wildman–Crippen MR) is 154 cm³/mol. The molecular formula is C23H45N13O5. The minimum atomic E-state index is -1.12. The van der Waals surface area contributed by atoms with Gasteiger partial charge in [0.05, 0.1) is 6.04 Å². The quantitative estimate of drug-likeness (QED) is 0.0414. The standard InChI is InChI=1S/C23H45N13O5/c24-13(5-1-9-31-21(25)26)17(37)34-14(6-2-10-32-22(27)28)18(38)35-15(7-3-11-33-23(29)30)19(39)36-12-4-8-16(36)20(40)41/h13-16H,1-12,24H2,(H,34,37)(H,35,38)(H,40,41)(H4,25,26,31)(H4,27,28,32)(H4,29,30,33). The van der Waals surface area contributed by atoms with E-state index in [1.165, 1.54) is 4.90 Å². The molecule has 18 heteroatoms. The fraction of sp³-hybridized carbons (Fsp3) is 0.696. The molecule has 1 aliphatic rings. The Morgan fingerprint density at radius 1 is 0.756 bits per heavy atom. The molecule has 0 spiro atoms. The van der Waals surface area contributed by atoms with Crippen LogP contribution in [0.3, 0.4) is 0 Å². The van der Waals surface area contributed by atoms with Gasteiger partial charge >= 0.3 is 5.97 Å². The molecule has 0 aliphatic carbocycles. The molecule has 1 rings (SSSR count). The molecule has 18 nitrogen and oxygen atoms in total. The third-order valence-corrected chi connectivity index (χ3v) is 6.26. The van der Waals surface area contributed by atoms with Gasteiger partial charge in [-0.25, -0.2) is 4.79 Å². The number of nitrogens with one attached hydrogen (secondary N) is 2. The first-order chi connectivity index (χ1) is 19.3. The van der Waals surface area contributed by atoms with Gasteiger partial charge in [-0.1, -0.05) is 0 Å². The van der Waals surface area contributed by atoms with Crippen LogP contribution in [0.25, 0.3) is 0 Å². The summed E-state index contributed by atoms with van der Waals surface area (Å²) >= 11 is 0. The molecule has 232 valence electrons. The summed E-state index contributed by atoms with van der Waals surface area (Å²) in [7, 11) is 0. The summed E-state index contributed by atoms with van der Waals surface area (Å²) in [4.78, 5) is 64.1. The number of carbonyl (C=O) groups is 4. The van der Waals surface area contributed by atoms with Gasteiger partial charge in [0.1, 0.15) is 18.1 Å². The van der Waals surface area contributed by atoms with Crippen LogP contribution < -0.4 is 50.8 Å². The molecule has 4 atom stereocenters. The molecular weight excluding hydrogens is 538 g/mol. The van der Waals surface area contributed by atoms with Crippen LogP contribution in [0.1, 0.15) is 51.4 Å². The smallest absolute Gasteiger partial charge is 0.326 e. The summed E-state index contributed by atoms with van der Waals surface area (Å²) in [6.07, 6.45) is 2.41. The maximum atomic E-state index is 13.4. The molecule has 1 heterocycles. The minimum absolute atomic E-state index is 0.0773. The minimum Gasteiger partial charge on any atom is -0.480 e. The first kappa shape index (κ1) is 34.7. The van der Waals surface area contributed by atoms with Crippen LogP contribution in [0.2, 0.25) is 0 Å². The maximum absolute atomic E-state index is 13.4. The zero-order valence-electron chi connectivity index (χ0n) is 23.2. The summed E-state index contributed by atoms with van der Waals surface area (Å²) in [6, 6.07) is -4.11. The monoisotopic (exact) mass is 583 g/mol. The molecule has 0 aromatic heterocycles. The summed E-state index contributed by atoms with van der Waals surface area (Å²) in [5.74, 6) is -3.23. The third-order valence-electron chi connectivity index (χ3n) is 6.26. The van der Waals surface area contributed by atoms with Crippen molar-refractivity contribution in [1.82, 2.24) is 15.5 Å². The zero-order chi connectivity index (χ0) is 30.9. The van der Waals surface area contributed by atoms with E-state index >= 15 is 0 Å². The second kappa shape index (κ2) is 18.1. The Kier molecular flexibility index (Phi) is 15.3. The lowest BCUT2D eigenvalue weighted by Crippen LogP contribution is -2.57. The summed E-state index contributed by atoms with van der Waals surface area (Å²) in [5, 5.41) is 14.9. The van der Waals surface area contributed by atoms with Crippen molar-refractivity contribution in [2.45, 2.75) is 75.5 Å². The number of carbonyl (C=O) groups excluding carboxylic acids is 3. The van der Waals surface area contributed by atoms with Crippen LogP contribution in [0, 0.1) is 0 Å². The second-order valence-corrected chi connectivity index (χ2v) is 9.60. The molecule has 0 aromatic carbocycles. The highest BCUT2D eigenvalue weighted by molar-refractivity contribution is 5.94. The fourth-order valence-corrected chi connectivity index (χ4v) is 4.22. The van der Waals surface area contributed by atoms with Crippen LogP contribution >= 0.6 is 0 Å². The zero-order valence-corrected chi connectivity index (χ0v) is 23.2. The fourth-order valence-electron chi connectivity index (χ4n) is 4.22. The molecule has 1 saturated heterocycles.